The average molecular weight is 295 g/mol. The van der Waals surface area contributed by atoms with Crippen LogP contribution in [0.2, 0.25) is 0 Å². The van der Waals surface area contributed by atoms with E-state index in [0.29, 0.717) is 11.1 Å². The highest BCUT2D eigenvalue weighted by Gasteiger charge is 2.15. The Kier molecular flexibility index (Phi) is 7.15. The monoisotopic (exact) mass is 295 g/mol. The van der Waals surface area contributed by atoms with E-state index in [4.69, 9.17) is 9.47 Å². The molecule has 1 amide bonds. The van der Waals surface area contributed by atoms with Crippen LogP contribution in [-0.4, -0.2) is 30.6 Å². The van der Waals surface area contributed by atoms with Crippen LogP contribution in [0.4, 0.5) is 0 Å². The Balaban J connectivity index is 2.43. The Bertz CT molecular complexity index is 432. The molecule has 1 atom stereocenters. The highest BCUT2D eigenvalue weighted by molar-refractivity contribution is 5.93. The minimum atomic E-state index is -0.440. The molecule has 1 aliphatic heterocycles. The van der Waals surface area contributed by atoms with Gasteiger partial charge in [-0.1, -0.05) is 6.08 Å². The van der Waals surface area contributed by atoms with Gasteiger partial charge in [0.25, 0.3) is 0 Å². The van der Waals surface area contributed by atoms with Crippen molar-refractivity contribution >= 4 is 11.9 Å². The number of ether oxygens (including phenoxy) is 2. The molecule has 0 saturated carbocycles. The SMILES string of the molecule is C/C(=C\OC(=O)/C(C)=C/CC1CCCO1)C(=O)NC(C)C. The van der Waals surface area contributed by atoms with Crippen molar-refractivity contribution in [3.05, 3.63) is 23.5 Å². The summed E-state index contributed by atoms with van der Waals surface area (Å²) in [5, 5.41) is 2.73. The first-order valence-corrected chi connectivity index (χ1v) is 7.37. The number of rotatable bonds is 6. The summed E-state index contributed by atoms with van der Waals surface area (Å²) in [4.78, 5) is 23.4. The Hall–Kier alpha value is -1.62. The minimum Gasteiger partial charge on any atom is -0.431 e. The van der Waals surface area contributed by atoms with Crippen molar-refractivity contribution < 1.29 is 19.1 Å². The summed E-state index contributed by atoms with van der Waals surface area (Å²) in [5.74, 6) is -0.677. The van der Waals surface area contributed by atoms with E-state index < -0.39 is 5.97 Å². The summed E-state index contributed by atoms with van der Waals surface area (Å²) in [7, 11) is 0. The topological polar surface area (TPSA) is 64.6 Å². The van der Waals surface area contributed by atoms with Gasteiger partial charge in [-0.15, -0.1) is 0 Å². The Morgan fingerprint density at radius 1 is 1.33 bits per heavy atom. The minimum absolute atomic E-state index is 0.0459. The molecule has 21 heavy (non-hydrogen) atoms. The zero-order chi connectivity index (χ0) is 15.8. The molecule has 0 bridgehead atoms. The molecule has 0 aliphatic carbocycles. The van der Waals surface area contributed by atoms with E-state index in [1.54, 1.807) is 13.8 Å². The molecule has 5 heteroatoms. The van der Waals surface area contributed by atoms with Gasteiger partial charge in [0, 0.05) is 23.8 Å². The van der Waals surface area contributed by atoms with Gasteiger partial charge in [-0.3, -0.25) is 4.79 Å². The number of carbonyl (C=O) groups excluding carboxylic acids is 2. The lowest BCUT2D eigenvalue weighted by molar-refractivity contribution is -0.133. The lowest BCUT2D eigenvalue weighted by Gasteiger charge is -2.08. The van der Waals surface area contributed by atoms with Crippen molar-refractivity contribution in [3.8, 4) is 0 Å². The van der Waals surface area contributed by atoms with Crippen LogP contribution in [0, 0.1) is 0 Å². The van der Waals surface area contributed by atoms with Crippen molar-refractivity contribution in [1.29, 1.82) is 0 Å². The summed E-state index contributed by atoms with van der Waals surface area (Å²) in [6.45, 7) is 7.85. The van der Waals surface area contributed by atoms with Crippen LogP contribution in [0.5, 0.6) is 0 Å². The van der Waals surface area contributed by atoms with E-state index in [9.17, 15) is 9.59 Å². The molecule has 0 aromatic rings. The molecule has 5 nitrogen and oxygen atoms in total. The fourth-order valence-electron chi connectivity index (χ4n) is 1.89. The number of amides is 1. The summed E-state index contributed by atoms with van der Waals surface area (Å²) < 4.78 is 10.5. The lowest BCUT2D eigenvalue weighted by atomic mass is 10.1. The second-order valence-electron chi connectivity index (χ2n) is 5.59. The van der Waals surface area contributed by atoms with Gasteiger partial charge in [-0.05, 0) is 47.0 Å². The zero-order valence-corrected chi connectivity index (χ0v) is 13.3. The molecule has 1 N–H and O–H groups in total. The van der Waals surface area contributed by atoms with Crippen molar-refractivity contribution in [2.24, 2.45) is 0 Å². The second kappa shape index (κ2) is 8.62. The maximum Gasteiger partial charge on any atom is 0.338 e. The average Bonchev–Trinajstić information content (AvgIpc) is 2.94. The molecular weight excluding hydrogens is 270 g/mol. The van der Waals surface area contributed by atoms with E-state index in [-0.39, 0.29) is 18.1 Å². The molecule has 0 spiro atoms. The van der Waals surface area contributed by atoms with Crippen LogP contribution in [0.25, 0.3) is 0 Å². The first kappa shape index (κ1) is 17.4. The summed E-state index contributed by atoms with van der Waals surface area (Å²) in [5.41, 5.74) is 0.891. The van der Waals surface area contributed by atoms with Gasteiger partial charge in [0.05, 0.1) is 6.10 Å². The molecule has 1 fully saturated rings. The molecule has 0 aromatic heterocycles. The lowest BCUT2D eigenvalue weighted by Crippen LogP contribution is -2.30. The number of carbonyl (C=O) groups is 2. The highest BCUT2D eigenvalue weighted by atomic mass is 16.5. The van der Waals surface area contributed by atoms with Crippen molar-refractivity contribution in [1.82, 2.24) is 5.32 Å². The van der Waals surface area contributed by atoms with Crippen LogP contribution < -0.4 is 5.32 Å². The van der Waals surface area contributed by atoms with Gasteiger partial charge in [0.1, 0.15) is 6.26 Å². The largest absolute Gasteiger partial charge is 0.431 e. The number of nitrogens with one attached hydrogen (secondary N) is 1. The summed E-state index contributed by atoms with van der Waals surface area (Å²) in [6.07, 6.45) is 6.07. The number of hydrogen-bond acceptors (Lipinski definition) is 4. The van der Waals surface area contributed by atoms with Crippen molar-refractivity contribution in [2.45, 2.75) is 59.1 Å². The molecule has 1 heterocycles. The normalized spacial score (nSPS) is 19.8. The van der Waals surface area contributed by atoms with Crippen LogP contribution in [-0.2, 0) is 19.1 Å². The zero-order valence-electron chi connectivity index (χ0n) is 13.3. The summed E-state index contributed by atoms with van der Waals surface area (Å²) >= 11 is 0. The highest BCUT2D eigenvalue weighted by Crippen LogP contribution is 2.16. The molecule has 118 valence electrons. The first-order valence-electron chi connectivity index (χ1n) is 7.37. The molecule has 1 saturated heterocycles. The predicted octanol–water partition coefficient (Wildman–Crippen LogP) is 2.47. The van der Waals surface area contributed by atoms with Gasteiger partial charge >= 0.3 is 5.97 Å². The standard InChI is InChI=1S/C16H25NO4/c1-11(2)17-15(18)13(4)10-21-16(19)12(3)7-8-14-6-5-9-20-14/h7,10-11,14H,5-6,8-9H2,1-4H3,(H,17,18)/b12-7+,13-10+. The maximum absolute atomic E-state index is 11.8. The fourth-order valence-corrected chi connectivity index (χ4v) is 1.89. The van der Waals surface area contributed by atoms with E-state index in [0.717, 1.165) is 25.9 Å². The van der Waals surface area contributed by atoms with Gasteiger partial charge in [0.15, 0.2) is 0 Å². The molecule has 0 aromatic carbocycles. The first-order chi connectivity index (χ1) is 9.90. The smallest absolute Gasteiger partial charge is 0.338 e. The van der Waals surface area contributed by atoms with Crippen LogP contribution in [0.1, 0.15) is 47.0 Å². The molecular formula is C16H25NO4. The molecule has 0 radical (unpaired) electrons. The molecule has 1 aliphatic rings. The number of esters is 1. The maximum atomic E-state index is 11.8. The second-order valence-corrected chi connectivity index (χ2v) is 5.59. The Labute approximate surface area is 126 Å². The third-order valence-corrected chi connectivity index (χ3v) is 3.15. The number of hydrogen-bond donors (Lipinski definition) is 1. The van der Waals surface area contributed by atoms with Gasteiger partial charge in [-0.25, -0.2) is 4.79 Å². The van der Waals surface area contributed by atoms with Crippen molar-refractivity contribution in [3.63, 3.8) is 0 Å². The van der Waals surface area contributed by atoms with Crippen LogP contribution in [0.3, 0.4) is 0 Å². The van der Waals surface area contributed by atoms with E-state index in [1.807, 2.05) is 19.9 Å². The summed E-state index contributed by atoms with van der Waals surface area (Å²) in [6, 6.07) is 0.0459. The van der Waals surface area contributed by atoms with Crippen molar-refractivity contribution in [2.75, 3.05) is 6.61 Å². The molecule has 1 rings (SSSR count). The third-order valence-electron chi connectivity index (χ3n) is 3.15. The fraction of sp³-hybridized carbons (Fsp3) is 0.625. The Morgan fingerprint density at radius 2 is 2.05 bits per heavy atom. The predicted molar refractivity (Wildman–Crippen MR) is 80.5 cm³/mol. The van der Waals surface area contributed by atoms with E-state index >= 15 is 0 Å². The molecule has 1 unspecified atom stereocenters. The van der Waals surface area contributed by atoms with Crippen LogP contribution >= 0.6 is 0 Å². The van der Waals surface area contributed by atoms with E-state index in [1.165, 1.54) is 6.26 Å². The third kappa shape index (κ3) is 6.58. The van der Waals surface area contributed by atoms with Gasteiger partial charge in [0.2, 0.25) is 5.91 Å². The Morgan fingerprint density at radius 3 is 2.62 bits per heavy atom. The van der Waals surface area contributed by atoms with Crippen LogP contribution in [0.15, 0.2) is 23.5 Å². The van der Waals surface area contributed by atoms with Gasteiger partial charge < -0.3 is 14.8 Å². The quantitative estimate of drug-likeness (QED) is 0.464. The van der Waals surface area contributed by atoms with E-state index in [2.05, 4.69) is 5.32 Å². The van der Waals surface area contributed by atoms with Gasteiger partial charge in [-0.2, -0.15) is 0 Å².